The van der Waals surface area contributed by atoms with Crippen molar-refractivity contribution in [1.82, 2.24) is 0 Å². The third kappa shape index (κ3) is 4.62. The molecule has 0 amide bonds. The maximum Gasteiger partial charge on any atom is 0.142 e. The van der Waals surface area contributed by atoms with Crippen LogP contribution in [0.15, 0.2) is 24.3 Å². The van der Waals surface area contributed by atoms with Crippen LogP contribution in [0.5, 0.6) is 5.75 Å². The topological polar surface area (TPSA) is 21.3 Å². The third-order valence-corrected chi connectivity index (χ3v) is 5.05. The molecule has 0 saturated carbocycles. The summed E-state index contributed by atoms with van der Waals surface area (Å²) in [5.74, 6) is 3.97. The van der Waals surface area contributed by atoms with Gasteiger partial charge in [0.05, 0.1) is 12.3 Å². The van der Waals surface area contributed by atoms with Gasteiger partial charge < -0.3 is 10.1 Å². The fourth-order valence-electron chi connectivity index (χ4n) is 2.54. The van der Waals surface area contributed by atoms with E-state index in [4.69, 9.17) is 4.74 Å². The maximum atomic E-state index is 5.92. The summed E-state index contributed by atoms with van der Waals surface area (Å²) >= 11 is 2.05. The minimum atomic E-state index is 0.425. The Morgan fingerprint density at radius 1 is 1.35 bits per heavy atom. The normalized spacial score (nSPS) is 21.8. The van der Waals surface area contributed by atoms with E-state index in [2.05, 4.69) is 51.2 Å². The minimum Gasteiger partial charge on any atom is -0.491 e. The smallest absolute Gasteiger partial charge is 0.142 e. The summed E-state index contributed by atoms with van der Waals surface area (Å²) in [4.78, 5) is 0. The molecule has 2 rings (SSSR count). The third-order valence-electron chi connectivity index (χ3n) is 3.43. The zero-order chi connectivity index (χ0) is 14.6. The minimum absolute atomic E-state index is 0.425. The van der Waals surface area contributed by atoms with Crippen molar-refractivity contribution >= 4 is 17.4 Å². The molecule has 1 heterocycles. The molecule has 0 radical (unpaired) electrons. The SMILES string of the molecule is CC(C)COc1ccccc1NC1CSCC(C)(C)C1. The van der Waals surface area contributed by atoms with Gasteiger partial charge in [-0.25, -0.2) is 0 Å². The zero-order valence-corrected chi connectivity index (χ0v) is 13.9. The average molecular weight is 293 g/mol. The summed E-state index contributed by atoms with van der Waals surface area (Å²) in [5, 5.41) is 3.68. The van der Waals surface area contributed by atoms with Gasteiger partial charge in [0.15, 0.2) is 0 Å². The van der Waals surface area contributed by atoms with E-state index in [-0.39, 0.29) is 0 Å². The average Bonchev–Trinajstić information content (AvgIpc) is 2.36. The molecule has 1 unspecified atom stereocenters. The number of nitrogens with one attached hydrogen (secondary N) is 1. The molecule has 0 aromatic heterocycles. The molecule has 0 aliphatic carbocycles. The quantitative estimate of drug-likeness (QED) is 0.852. The fourth-order valence-corrected chi connectivity index (χ4v) is 3.82. The highest BCUT2D eigenvalue weighted by Crippen LogP contribution is 2.36. The lowest BCUT2D eigenvalue weighted by molar-refractivity contribution is 0.271. The van der Waals surface area contributed by atoms with Crippen molar-refractivity contribution in [2.24, 2.45) is 11.3 Å². The number of anilines is 1. The first-order chi connectivity index (χ1) is 9.46. The van der Waals surface area contributed by atoms with E-state index in [1.54, 1.807) is 0 Å². The number of hydrogen-bond acceptors (Lipinski definition) is 3. The Kier molecular flexibility index (Phi) is 5.25. The molecule has 1 fully saturated rings. The molecule has 1 saturated heterocycles. The molecule has 112 valence electrons. The Labute approximate surface area is 127 Å². The van der Waals surface area contributed by atoms with Crippen molar-refractivity contribution in [2.45, 2.75) is 40.2 Å². The summed E-state index contributed by atoms with van der Waals surface area (Å²) in [6.45, 7) is 9.83. The second kappa shape index (κ2) is 6.75. The van der Waals surface area contributed by atoms with Crippen molar-refractivity contribution < 1.29 is 4.74 Å². The van der Waals surface area contributed by atoms with Crippen LogP contribution in [0.2, 0.25) is 0 Å². The van der Waals surface area contributed by atoms with E-state index in [1.807, 2.05) is 17.8 Å². The van der Waals surface area contributed by atoms with E-state index in [0.29, 0.717) is 17.4 Å². The molecular formula is C17H27NOS. The highest BCUT2D eigenvalue weighted by atomic mass is 32.2. The Morgan fingerprint density at radius 3 is 2.80 bits per heavy atom. The van der Waals surface area contributed by atoms with Gasteiger partial charge in [-0.3, -0.25) is 0 Å². The maximum absolute atomic E-state index is 5.92. The largest absolute Gasteiger partial charge is 0.491 e. The second-order valence-electron chi connectivity index (χ2n) is 6.93. The number of rotatable bonds is 5. The number of thioether (sulfide) groups is 1. The zero-order valence-electron chi connectivity index (χ0n) is 13.1. The molecule has 0 spiro atoms. The monoisotopic (exact) mass is 293 g/mol. The van der Waals surface area contributed by atoms with Gasteiger partial charge >= 0.3 is 0 Å². The standard InChI is InChI=1S/C17H27NOS/c1-13(2)10-19-16-8-6-5-7-15(16)18-14-9-17(3,4)12-20-11-14/h5-8,13-14,18H,9-12H2,1-4H3. The lowest BCUT2D eigenvalue weighted by Crippen LogP contribution is -2.35. The number of ether oxygens (including phenoxy) is 1. The van der Waals surface area contributed by atoms with Crippen molar-refractivity contribution in [3.8, 4) is 5.75 Å². The highest BCUT2D eigenvalue weighted by molar-refractivity contribution is 7.99. The summed E-state index contributed by atoms with van der Waals surface area (Å²) < 4.78 is 5.92. The van der Waals surface area contributed by atoms with Crippen molar-refractivity contribution in [1.29, 1.82) is 0 Å². The molecule has 3 heteroatoms. The molecule has 1 aromatic rings. The van der Waals surface area contributed by atoms with Crippen LogP contribution in [0, 0.1) is 11.3 Å². The first-order valence-electron chi connectivity index (χ1n) is 7.52. The van der Waals surface area contributed by atoms with E-state index in [0.717, 1.165) is 18.0 Å². The summed E-state index contributed by atoms with van der Waals surface area (Å²) in [7, 11) is 0. The Morgan fingerprint density at radius 2 is 2.10 bits per heavy atom. The lowest BCUT2D eigenvalue weighted by atomic mass is 9.88. The first-order valence-corrected chi connectivity index (χ1v) is 8.68. The van der Waals surface area contributed by atoms with Gasteiger partial charge in [-0.15, -0.1) is 0 Å². The Balaban J connectivity index is 2.01. The summed E-state index contributed by atoms with van der Waals surface area (Å²) in [6, 6.07) is 8.84. The van der Waals surface area contributed by atoms with Crippen LogP contribution in [-0.4, -0.2) is 24.2 Å². The molecule has 1 aliphatic rings. The number of benzene rings is 1. The van der Waals surface area contributed by atoms with Crippen molar-refractivity contribution in [2.75, 3.05) is 23.4 Å². The van der Waals surface area contributed by atoms with Gasteiger partial charge in [-0.05, 0) is 35.6 Å². The summed E-state index contributed by atoms with van der Waals surface area (Å²) in [5.41, 5.74) is 1.56. The van der Waals surface area contributed by atoms with E-state index < -0.39 is 0 Å². The first kappa shape index (κ1) is 15.6. The van der Waals surface area contributed by atoms with Crippen molar-refractivity contribution in [3.63, 3.8) is 0 Å². The van der Waals surface area contributed by atoms with Crippen LogP contribution in [0.1, 0.15) is 34.1 Å². The molecule has 1 aromatic carbocycles. The van der Waals surface area contributed by atoms with E-state index in [1.165, 1.54) is 17.9 Å². The van der Waals surface area contributed by atoms with Crippen LogP contribution in [0.3, 0.4) is 0 Å². The molecule has 1 atom stereocenters. The predicted molar refractivity (Wildman–Crippen MR) is 89.9 cm³/mol. The van der Waals surface area contributed by atoms with Crippen LogP contribution >= 0.6 is 11.8 Å². The Hall–Kier alpha value is -0.830. The Bertz CT molecular complexity index is 431. The predicted octanol–water partition coefficient (Wildman–Crippen LogP) is 4.67. The van der Waals surface area contributed by atoms with E-state index >= 15 is 0 Å². The van der Waals surface area contributed by atoms with Gasteiger partial charge in [-0.2, -0.15) is 11.8 Å². The fraction of sp³-hybridized carbons (Fsp3) is 0.647. The van der Waals surface area contributed by atoms with Crippen LogP contribution in [0.25, 0.3) is 0 Å². The number of hydrogen-bond donors (Lipinski definition) is 1. The van der Waals surface area contributed by atoms with Crippen LogP contribution < -0.4 is 10.1 Å². The molecular weight excluding hydrogens is 266 g/mol. The van der Waals surface area contributed by atoms with Crippen molar-refractivity contribution in [3.05, 3.63) is 24.3 Å². The second-order valence-corrected chi connectivity index (χ2v) is 7.96. The molecule has 0 bridgehead atoms. The molecule has 1 aliphatic heterocycles. The molecule has 1 N–H and O–H groups in total. The van der Waals surface area contributed by atoms with E-state index in [9.17, 15) is 0 Å². The molecule has 2 nitrogen and oxygen atoms in total. The van der Waals surface area contributed by atoms with Gasteiger partial charge in [0.1, 0.15) is 5.75 Å². The number of para-hydroxylation sites is 2. The van der Waals surface area contributed by atoms with Gasteiger partial charge in [0, 0.05) is 11.8 Å². The van der Waals surface area contributed by atoms with Gasteiger partial charge in [-0.1, -0.05) is 39.8 Å². The highest BCUT2D eigenvalue weighted by Gasteiger charge is 2.28. The van der Waals surface area contributed by atoms with Gasteiger partial charge in [0.25, 0.3) is 0 Å². The van der Waals surface area contributed by atoms with Crippen LogP contribution in [0.4, 0.5) is 5.69 Å². The van der Waals surface area contributed by atoms with Crippen LogP contribution in [-0.2, 0) is 0 Å². The lowest BCUT2D eigenvalue weighted by Gasteiger charge is -2.35. The molecule has 20 heavy (non-hydrogen) atoms. The summed E-state index contributed by atoms with van der Waals surface area (Å²) in [6.07, 6.45) is 1.22. The van der Waals surface area contributed by atoms with Gasteiger partial charge in [0.2, 0.25) is 0 Å².